The zero-order chi connectivity index (χ0) is 15.1. The molecule has 1 aromatic rings. The van der Waals surface area contributed by atoms with Gasteiger partial charge < -0.3 is 10.1 Å². The number of hydrogen-bond donors (Lipinski definition) is 1. The quantitative estimate of drug-likeness (QED) is 0.732. The van der Waals surface area contributed by atoms with Gasteiger partial charge in [-0.15, -0.1) is 5.10 Å². The van der Waals surface area contributed by atoms with Crippen LogP contribution in [0.25, 0.3) is 0 Å². The Morgan fingerprint density at radius 1 is 1.43 bits per heavy atom. The van der Waals surface area contributed by atoms with Crippen molar-refractivity contribution in [3.05, 3.63) is 11.9 Å². The molecule has 0 aromatic carbocycles. The van der Waals surface area contributed by atoms with E-state index in [0.29, 0.717) is 0 Å². The van der Waals surface area contributed by atoms with Crippen molar-refractivity contribution in [2.75, 3.05) is 33.3 Å². The molecule has 2 heterocycles. The first-order valence-electron chi connectivity index (χ1n) is 8.02. The summed E-state index contributed by atoms with van der Waals surface area (Å²) in [6.07, 6.45) is 5.54. The summed E-state index contributed by atoms with van der Waals surface area (Å²) in [4.78, 5) is 2.46. The van der Waals surface area contributed by atoms with Gasteiger partial charge in [0.1, 0.15) is 0 Å². The first-order valence-corrected chi connectivity index (χ1v) is 8.02. The topological polar surface area (TPSA) is 55.2 Å². The number of aromatic nitrogens is 3. The summed E-state index contributed by atoms with van der Waals surface area (Å²) in [5.41, 5.74) is 1.03. The monoisotopic (exact) mass is 295 g/mol. The predicted molar refractivity (Wildman–Crippen MR) is 83.1 cm³/mol. The third kappa shape index (κ3) is 5.05. The fourth-order valence-corrected chi connectivity index (χ4v) is 2.83. The zero-order valence-corrected chi connectivity index (χ0v) is 13.6. The lowest BCUT2D eigenvalue weighted by atomic mass is 9.95. The number of nitrogens with zero attached hydrogens (tertiary/aromatic N) is 4. The molecule has 0 aliphatic carbocycles. The van der Waals surface area contributed by atoms with Gasteiger partial charge in [0.15, 0.2) is 0 Å². The number of nitrogens with one attached hydrogen (secondary N) is 1. The fraction of sp³-hybridized carbons (Fsp3) is 0.867. The molecule has 2 rings (SSSR count). The van der Waals surface area contributed by atoms with Gasteiger partial charge in [-0.25, -0.2) is 0 Å². The molecule has 1 N–H and O–H groups in total. The van der Waals surface area contributed by atoms with Crippen LogP contribution < -0.4 is 5.32 Å². The van der Waals surface area contributed by atoms with Gasteiger partial charge in [0.05, 0.1) is 17.8 Å². The molecular formula is C15H29N5O. The van der Waals surface area contributed by atoms with Crippen molar-refractivity contribution in [1.82, 2.24) is 25.2 Å². The average molecular weight is 295 g/mol. The molecule has 1 saturated heterocycles. The molecule has 6 heteroatoms. The first-order chi connectivity index (χ1) is 10.1. The molecule has 0 saturated carbocycles. The van der Waals surface area contributed by atoms with Crippen LogP contribution in [0.5, 0.6) is 0 Å². The van der Waals surface area contributed by atoms with Crippen molar-refractivity contribution in [2.45, 2.75) is 51.8 Å². The van der Waals surface area contributed by atoms with E-state index in [1.165, 1.54) is 6.42 Å². The minimum absolute atomic E-state index is 0.00977. The minimum atomic E-state index is 0.00977. The summed E-state index contributed by atoms with van der Waals surface area (Å²) in [5, 5.41) is 11.8. The lowest BCUT2D eigenvalue weighted by molar-refractivity contribution is -0.0513. The van der Waals surface area contributed by atoms with E-state index in [1.54, 1.807) is 0 Å². The SMILES string of the molecule is CCCNCc1cn(CCN2CCCC(C)(OC)C2)nn1. The molecule has 1 aliphatic rings. The first kappa shape index (κ1) is 16.4. The van der Waals surface area contributed by atoms with Crippen molar-refractivity contribution in [3.63, 3.8) is 0 Å². The predicted octanol–water partition coefficient (Wildman–Crippen LogP) is 1.28. The highest BCUT2D eigenvalue weighted by Crippen LogP contribution is 2.23. The molecule has 120 valence electrons. The average Bonchev–Trinajstić information content (AvgIpc) is 2.94. The fourth-order valence-electron chi connectivity index (χ4n) is 2.83. The molecule has 1 atom stereocenters. The van der Waals surface area contributed by atoms with Crippen LogP contribution in [0.15, 0.2) is 6.20 Å². The van der Waals surface area contributed by atoms with Crippen LogP contribution in [0.2, 0.25) is 0 Å². The Bertz CT molecular complexity index is 422. The van der Waals surface area contributed by atoms with E-state index >= 15 is 0 Å². The third-order valence-electron chi connectivity index (χ3n) is 4.20. The van der Waals surface area contributed by atoms with Crippen LogP contribution in [0.3, 0.4) is 0 Å². The Morgan fingerprint density at radius 2 is 2.29 bits per heavy atom. The highest BCUT2D eigenvalue weighted by molar-refractivity contribution is 4.91. The van der Waals surface area contributed by atoms with Crippen LogP contribution in [-0.4, -0.2) is 58.8 Å². The van der Waals surface area contributed by atoms with Crippen LogP contribution in [0.1, 0.15) is 38.8 Å². The van der Waals surface area contributed by atoms with E-state index in [1.807, 2.05) is 18.0 Å². The molecule has 1 aliphatic heterocycles. The lowest BCUT2D eigenvalue weighted by Crippen LogP contribution is -2.48. The second-order valence-electron chi connectivity index (χ2n) is 6.18. The van der Waals surface area contributed by atoms with Crippen molar-refractivity contribution in [1.29, 1.82) is 0 Å². The molecule has 0 bridgehead atoms. The maximum absolute atomic E-state index is 5.64. The van der Waals surface area contributed by atoms with E-state index in [9.17, 15) is 0 Å². The maximum Gasteiger partial charge on any atom is 0.0964 e. The van der Waals surface area contributed by atoms with Crippen LogP contribution in [0.4, 0.5) is 0 Å². The van der Waals surface area contributed by atoms with Gasteiger partial charge in [0, 0.05) is 32.9 Å². The Kier molecular flexibility index (Phi) is 6.14. The summed E-state index contributed by atoms with van der Waals surface area (Å²) in [7, 11) is 1.82. The van der Waals surface area contributed by atoms with Gasteiger partial charge in [-0.1, -0.05) is 12.1 Å². The summed E-state index contributed by atoms with van der Waals surface area (Å²) in [6, 6.07) is 0. The summed E-state index contributed by atoms with van der Waals surface area (Å²) < 4.78 is 7.58. The van der Waals surface area contributed by atoms with Gasteiger partial charge in [-0.05, 0) is 39.3 Å². The summed E-state index contributed by atoms with van der Waals surface area (Å²) in [6.45, 7) is 10.2. The second-order valence-corrected chi connectivity index (χ2v) is 6.18. The molecule has 0 spiro atoms. The van der Waals surface area contributed by atoms with Crippen molar-refractivity contribution < 1.29 is 4.74 Å². The van der Waals surface area contributed by atoms with E-state index in [2.05, 4.69) is 34.4 Å². The van der Waals surface area contributed by atoms with Gasteiger partial charge in [0.2, 0.25) is 0 Å². The molecule has 21 heavy (non-hydrogen) atoms. The standard InChI is InChI=1S/C15H29N5O/c1-4-7-16-11-14-12-20(18-17-14)10-9-19-8-5-6-15(2,13-19)21-3/h12,16H,4-11,13H2,1-3H3. The second kappa shape index (κ2) is 7.87. The molecule has 1 aromatic heterocycles. The molecule has 1 fully saturated rings. The minimum Gasteiger partial charge on any atom is -0.377 e. The highest BCUT2D eigenvalue weighted by Gasteiger charge is 2.30. The number of piperidine rings is 1. The Morgan fingerprint density at radius 3 is 3.05 bits per heavy atom. The van der Waals surface area contributed by atoms with Crippen LogP contribution in [0, 0.1) is 0 Å². The van der Waals surface area contributed by atoms with Crippen LogP contribution >= 0.6 is 0 Å². The van der Waals surface area contributed by atoms with Gasteiger partial charge >= 0.3 is 0 Å². The van der Waals surface area contributed by atoms with Crippen molar-refractivity contribution >= 4 is 0 Å². The summed E-state index contributed by atoms with van der Waals surface area (Å²) >= 11 is 0. The van der Waals surface area contributed by atoms with E-state index in [-0.39, 0.29) is 5.60 Å². The molecule has 0 amide bonds. The summed E-state index contributed by atoms with van der Waals surface area (Å²) in [5.74, 6) is 0. The highest BCUT2D eigenvalue weighted by atomic mass is 16.5. The molecule has 1 unspecified atom stereocenters. The Hall–Kier alpha value is -0.980. The van der Waals surface area contributed by atoms with Crippen molar-refractivity contribution in [3.8, 4) is 0 Å². The largest absolute Gasteiger partial charge is 0.377 e. The van der Waals surface area contributed by atoms with Gasteiger partial charge in [-0.2, -0.15) is 0 Å². The van der Waals surface area contributed by atoms with E-state index in [0.717, 1.165) is 57.8 Å². The number of ether oxygens (including phenoxy) is 1. The molecule has 6 nitrogen and oxygen atoms in total. The maximum atomic E-state index is 5.64. The van der Waals surface area contributed by atoms with Crippen molar-refractivity contribution in [2.24, 2.45) is 0 Å². The lowest BCUT2D eigenvalue weighted by Gasteiger charge is -2.39. The number of methoxy groups -OCH3 is 1. The van der Waals surface area contributed by atoms with Gasteiger partial charge in [-0.3, -0.25) is 9.58 Å². The van der Waals surface area contributed by atoms with Crippen LogP contribution in [-0.2, 0) is 17.8 Å². The van der Waals surface area contributed by atoms with E-state index < -0.39 is 0 Å². The van der Waals surface area contributed by atoms with E-state index in [4.69, 9.17) is 4.74 Å². The number of likely N-dealkylation sites (tertiary alicyclic amines) is 1. The Balaban J connectivity index is 1.75. The van der Waals surface area contributed by atoms with Gasteiger partial charge in [0.25, 0.3) is 0 Å². The normalized spacial score (nSPS) is 23.6. The third-order valence-corrected chi connectivity index (χ3v) is 4.20. The number of hydrogen-bond acceptors (Lipinski definition) is 5. The zero-order valence-electron chi connectivity index (χ0n) is 13.6. The number of rotatable bonds is 8. The molecule has 0 radical (unpaired) electrons. The Labute approximate surface area is 127 Å². The smallest absolute Gasteiger partial charge is 0.0964 e. The molecular weight excluding hydrogens is 266 g/mol.